The van der Waals surface area contributed by atoms with Crippen molar-refractivity contribution in [1.82, 2.24) is 10.2 Å². The lowest BCUT2D eigenvalue weighted by molar-refractivity contribution is 0.102. The summed E-state index contributed by atoms with van der Waals surface area (Å²) in [5, 5.41) is 19.6. The fourth-order valence-corrected chi connectivity index (χ4v) is 4.04. The number of aromatic nitrogens is 2. The Kier molecular flexibility index (Phi) is 5.98. The average molecular weight is 449 g/mol. The summed E-state index contributed by atoms with van der Waals surface area (Å²) in [6.45, 7) is 0. The minimum absolute atomic E-state index is 0.0682. The van der Waals surface area contributed by atoms with Crippen molar-refractivity contribution in [3.63, 3.8) is 0 Å². The van der Waals surface area contributed by atoms with E-state index in [1.165, 1.54) is 41.3 Å². The van der Waals surface area contributed by atoms with Crippen molar-refractivity contribution in [1.29, 1.82) is 5.26 Å². The van der Waals surface area contributed by atoms with E-state index in [0.717, 1.165) is 5.56 Å². The van der Waals surface area contributed by atoms with Crippen molar-refractivity contribution < 1.29 is 9.18 Å². The first-order chi connectivity index (χ1) is 12.5. The molecule has 0 saturated carbocycles. The van der Waals surface area contributed by atoms with Gasteiger partial charge in [0.05, 0.1) is 17.2 Å². The van der Waals surface area contributed by atoms with Crippen LogP contribution in [0.25, 0.3) is 0 Å². The molecule has 26 heavy (non-hydrogen) atoms. The quantitative estimate of drug-likeness (QED) is 0.445. The van der Waals surface area contributed by atoms with Crippen LogP contribution in [-0.4, -0.2) is 16.1 Å². The topological polar surface area (TPSA) is 78.7 Å². The molecule has 1 heterocycles. The SMILES string of the molecule is N#Cc1ccc(CSc2nnc(NC(=O)c3cc(Br)ccc3F)s2)cc1. The second-order valence-electron chi connectivity index (χ2n) is 5.05. The Hall–Kier alpha value is -2.28. The van der Waals surface area contributed by atoms with Crippen LogP contribution in [0.4, 0.5) is 9.52 Å². The largest absolute Gasteiger partial charge is 0.296 e. The van der Waals surface area contributed by atoms with Gasteiger partial charge in [0, 0.05) is 10.2 Å². The van der Waals surface area contributed by atoms with Gasteiger partial charge >= 0.3 is 0 Å². The maximum atomic E-state index is 13.8. The van der Waals surface area contributed by atoms with Gasteiger partial charge in [-0.1, -0.05) is 51.2 Å². The van der Waals surface area contributed by atoms with E-state index in [9.17, 15) is 9.18 Å². The molecule has 0 fully saturated rings. The van der Waals surface area contributed by atoms with E-state index >= 15 is 0 Å². The third kappa shape index (κ3) is 4.66. The molecule has 0 bridgehead atoms. The Balaban J connectivity index is 1.61. The molecule has 2 aromatic carbocycles. The molecular weight excluding hydrogens is 439 g/mol. The van der Waals surface area contributed by atoms with E-state index in [2.05, 4.69) is 37.5 Å². The number of nitrogens with zero attached hydrogens (tertiary/aromatic N) is 3. The monoisotopic (exact) mass is 448 g/mol. The molecule has 9 heteroatoms. The summed E-state index contributed by atoms with van der Waals surface area (Å²) in [5.41, 5.74) is 1.59. The molecule has 130 valence electrons. The van der Waals surface area contributed by atoms with Gasteiger partial charge in [-0.25, -0.2) is 4.39 Å². The van der Waals surface area contributed by atoms with Crippen molar-refractivity contribution in [2.45, 2.75) is 10.1 Å². The van der Waals surface area contributed by atoms with Crippen molar-refractivity contribution in [3.05, 3.63) is 69.4 Å². The summed E-state index contributed by atoms with van der Waals surface area (Å²) < 4.78 is 15.0. The molecule has 0 saturated heterocycles. The van der Waals surface area contributed by atoms with Gasteiger partial charge in [0.15, 0.2) is 4.34 Å². The fraction of sp³-hybridized carbons (Fsp3) is 0.0588. The van der Waals surface area contributed by atoms with Crippen molar-refractivity contribution in [2.24, 2.45) is 0 Å². The van der Waals surface area contributed by atoms with Crippen LogP contribution in [-0.2, 0) is 5.75 Å². The summed E-state index contributed by atoms with van der Waals surface area (Å²) in [4.78, 5) is 12.2. The number of carbonyl (C=O) groups is 1. The molecule has 0 unspecified atom stereocenters. The molecule has 3 aromatic rings. The fourth-order valence-electron chi connectivity index (χ4n) is 1.98. The molecule has 1 amide bonds. The number of nitrogens with one attached hydrogen (secondary N) is 1. The van der Waals surface area contributed by atoms with Crippen LogP contribution in [0.5, 0.6) is 0 Å². The Labute approximate surface area is 165 Å². The summed E-state index contributed by atoms with van der Waals surface area (Å²) in [6.07, 6.45) is 0. The minimum atomic E-state index is -0.606. The molecule has 1 N–H and O–H groups in total. The highest BCUT2D eigenvalue weighted by Crippen LogP contribution is 2.29. The normalized spacial score (nSPS) is 10.3. The molecule has 0 atom stereocenters. The Morgan fingerprint density at radius 1 is 1.27 bits per heavy atom. The van der Waals surface area contributed by atoms with Crippen LogP contribution < -0.4 is 5.32 Å². The predicted molar refractivity (Wildman–Crippen MR) is 103 cm³/mol. The number of amides is 1. The van der Waals surface area contributed by atoms with Crippen molar-refractivity contribution >= 4 is 50.1 Å². The molecule has 0 aliphatic rings. The van der Waals surface area contributed by atoms with Crippen LogP contribution in [0, 0.1) is 17.1 Å². The maximum Gasteiger partial charge on any atom is 0.260 e. The molecular formula is C17H10BrFN4OS2. The van der Waals surface area contributed by atoms with Gasteiger partial charge in [0.1, 0.15) is 5.82 Å². The van der Waals surface area contributed by atoms with E-state index in [1.807, 2.05) is 12.1 Å². The molecule has 5 nitrogen and oxygen atoms in total. The van der Waals surface area contributed by atoms with Gasteiger partial charge < -0.3 is 0 Å². The van der Waals surface area contributed by atoms with Gasteiger partial charge in [-0.3, -0.25) is 10.1 Å². The van der Waals surface area contributed by atoms with Crippen LogP contribution in [0.3, 0.4) is 0 Å². The van der Waals surface area contributed by atoms with Crippen LogP contribution in [0.2, 0.25) is 0 Å². The lowest BCUT2D eigenvalue weighted by Crippen LogP contribution is -2.13. The number of benzene rings is 2. The first-order valence-electron chi connectivity index (χ1n) is 7.27. The number of hydrogen-bond acceptors (Lipinski definition) is 6. The predicted octanol–water partition coefficient (Wildman–Crippen LogP) is 4.86. The smallest absolute Gasteiger partial charge is 0.260 e. The van der Waals surface area contributed by atoms with Gasteiger partial charge in [0.2, 0.25) is 5.13 Å². The summed E-state index contributed by atoms with van der Waals surface area (Å²) in [5.74, 6) is -0.525. The first kappa shape index (κ1) is 18.5. The van der Waals surface area contributed by atoms with E-state index in [0.29, 0.717) is 25.3 Å². The highest BCUT2D eigenvalue weighted by molar-refractivity contribution is 9.10. The molecule has 0 aliphatic heterocycles. The van der Waals surface area contributed by atoms with Gasteiger partial charge in [-0.15, -0.1) is 10.2 Å². The van der Waals surface area contributed by atoms with Gasteiger partial charge in [0.25, 0.3) is 5.91 Å². The van der Waals surface area contributed by atoms with Crippen LogP contribution >= 0.6 is 39.0 Å². The average Bonchev–Trinajstić information content (AvgIpc) is 3.09. The summed E-state index contributed by atoms with van der Waals surface area (Å²) in [6, 6.07) is 13.5. The number of nitriles is 1. The molecule has 1 aromatic heterocycles. The lowest BCUT2D eigenvalue weighted by atomic mass is 10.2. The van der Waals surface area contributed by atoms with Gasteiger partial charge in [-0.05, 0) is 35.9 Å². The Morgan fingerprint density at radius 2 is 2.04 bits per heavy atom. The molecule has 0 spiro atoms. The highest BCUT2D eigenvalue weighted by atomic mass is 79.9. The molecule has 3 rings (SSSR count). The van der Waals surface area contributed by atoms with Crippen molar-refractivity contribution in [2.75, 3.05) is 5.32 Å². The number of rotatable bonds is 5. The van der Waals surface area contributed by atoms with Crippen molar-refractivity contribution in [3.8, 4) is 6.07 Å². The maximum absolute atomic E-state index is 13.8. The summed E-state index contributed by atoms with van der Waals surface area (Å²) >= 11 is 5.89. The van der Waals surface area contributed by atoms with E-state index in [4.69, 9.17) is 5.26 Å². The first-order valence-corrected chi connectivity index (χ1v) is 9.86. The van der Waals surface area contributed by atoms with Crippen LogP contribution in [0.15, 0.2) is 51.3 Å². The third-order valence-electron chi connectivity index (χ3n) is 3.25. The Bertz CT molecular complexity index is 985. The van der Waals surface area contributed by atoms with E-state index in [1.54, 1.807) is 12.1 Å². The zero-order valence-corrected chi connectivity index (χ0v) is 16.3. The number of thioether (sulfide) groups is 1. The van der Waals surface area contributed by atoms with E-state index in [-0.39, 0.29) is 5.56 Å². The standard InChI is InChI=1S/C17H10BrFN4OS2/c18-12-5-6-14(19)13(7-12)15(24)21-16-22-23-17(26-16)25-9-11-3-1-10(8-20)2-4-11/h1-7H,9H2,(H,21,22,24). The lowest BCUT2D eigenvalue weighted by Gasteiger charge is -2.03. The zero-order chi connectivity index (χ0) is 18.5. The second kappa shape index (κ2) is 8.40. The van der Waals surface area contributed by atoms with E-state index < -0.39 is 11.7 Å². The zero-order valence-electron chi connectivity index (χ0n) is 13.1. The number of hydrogen-bond donors (Lipinski definition) is 1. The Morgan fingerprint density at radius 3 is 2.77 bits per heavy atom. The second-order valence-corrected chi connectivity index (χ2v) is 8.16. The number of halogens is 2. The molecule has 0 radical (unpaired) electrons. The highest BCUT2D eigenvalue weighted by Gasteiger charge is 2.15. The minimum Gasteiger partial charge on any atom is -0.296 e. The number of carbonyl (C=O) groups excluding carboxylic acids is 1. The summed E-state index contributed by atoms with van der Waals surface area (Å²) in [7, 11) is 0. The number of anilines is 1. The third-order valence-corrected chi connectivity index (χ3v) is 5.78. The molecule has 0 aliphatic carbocycles. The van der Waals surface area contributed by atoms with Gasteiger partial charge in [-0.2, -0.15) is 5.26 Å². The van der Waals surface area contributed by atoms with Crippen LogP contribution in [0.1, 0.15) is 21.5 Å².